The fraction of sp³-hybridized carbons (Fsp3) is 0.158. The molecule has 25 heavy (non-hydrogen) atoms. The molecule has 0 radical (unpaired) electrons. The van der Waals surface area contributed by atoms with Crippen molar-refractivity contribution in [3.8, 4) is 0 Å². The summed E-state index contributed by atoms with van der Waals surface area (Å²) in [6.45, 7) is 1.88. The van der Waals surface area contributed by atoms with Crippen molar-refractivity contribution >= 4 is 38.2 Å². The molecule has 1 aliphatic heterocycles. The number of benzene rings is 2. The minimum atomic E-state index is -0.443. The Bertz CT molecular complexity index is 908. The number of nitrogens with one attached hydrogen (secondary N) is 1. The Morgan fingerprint density at radius 2 is 2.00 bits per heavy atom. The van der Waals surface area contributed by atoms with Crippen LogP contribution in [0.25, 0.3) is 4.48 Å². The Balaban J connectivity index is 2.09. The molecule has 1 heterocycles. The highest BCUT2D eigenvalue weighted by Gasteiger charge is 2.25. The number of rotatable bonds is 3. The van der Waals surface area contributed by atoms with Crippen molar-refractivity contribution in [1.82, 2.24) is 0 Å². The number of nitrogens with zero attached hydrogens (tertiary/aromatic N) is 1. The van der Waals surface area contributed by atoms with Crippen molar-refractivity contribution in [1.29, 1.82) is 5.41 Å². The van der Waals surface area contributed by atoms with Crippen LogP contribution in [0.5, 0.6) is 0 Å². The molecule has 0 saturated heterocycles. The predicted molar refractivity (Wildman–Crippen MR) is 98.0 cm³/mol. The van der Waals surface area contributed by atoms with E-state index in [1.54, 1.807) is 30.0 Å². The summed E-state index contributed by atoms with van der Waals surface area (Å²) in [7, 11) is 0. The molecule has 0 bridgehead atoms. The zero-order valence-corrected chi connectivity index (χ0v) is 15.0. The second-order valence-electron chi connectivity index (χ2n) is 5.91. The van der Waals surface area contributed by atoms with Crippen LogP contribution < -0.4 is 4.90 Å². The summed E-state index contributed by atoms with van der Waals surface area (Å²) in [6, 6.07) is 9.06. The fourth-order valence-corrected chi connectivity index (χ4v) is 3.35. The Morgan fingerprint density at radius 3 is 2.68 bits per heavy atom. The van der Waals surface area contributed by atoms with Gasteiger partial charge in [-0.1, -0.05) is 12.1 Å². The largest absolute Gasteiger partial charge is 0.325 e. The molecule has 128 valence electrons. The van der Waals surface area contributed by atoms with Crippen molar-refractivity contribution in [2.45, 2.75) is 19.9 Å². The maximum Gasteiger partial charge on any atom is 0.147 e. The van der Waals surface area contributed by atoms with Gasteiger partial charge in [0.1, 0.15) is 23.8 Å². The van der Waals surface area contributed by atoms with E-state index in [4.69, 9.17) is 5.41 Å². The SMILES string of the molecule is Cc1ccc(CN2C(=N)CC(C=O)=C(Br)c3ccc(F)cc32)cc1F. The molecule has 2 aromatic rings. The number of hydrogen-bond acceptors (Lipinski definition) is 2. The van der Waals surface area contributed by atoms with E-state index >= 15 is 0 Å². The minimum absolute atomic E-state index is 0.106. The van der Waals surface area contributed by atoms with E-state index in [2.05, 4.69) is 15.9 Å². The fourth-order valence-electron chi connectivity index (χ4n) is 2.78. The molecule has 1 N–H and O–H groups in total. The number of aryl methyl sites for hydroxylation is 1. The molecule has 0 aliphatic carbocycles. The zero-order valence-electron chi connectivity index (χ0n) is 13.4. The lowest BCUT2D eigenvalue weighted by Crippen LogP contribution is -2.30. The predicted octanol–water partition coefficient (Wildman–Crippen LogP) is 4.97. The third-order valence-corrected chi connectivity index (χ3v) is 5.11. The second kappa shape index (κ2) is 6.88. The van der Waals surface area contributed by atoms with Gasteiger partial charge in [-0.25, -0.2) is 8.78 Å². The first-order valence-electron chi connectivity index (χ1n) is 7.64. The van der Waals surface area contributed by atoms with Gasteiger partial charge >= 0.3 is 0 Å². The van der Waals surface area contributed by atoms with E-state index < -0.39 is 5.82 Å². The van der Waals surface area contributed by atoms with Crippen molar-refractivity contribution in [3.63, 3.8) is 0 Å². The Morgan fingerprint density at radius 1 is 1.24 bits per heavy atom. The molecule has 0 fully saturated rings. The van der Waals surface area contributed by atoms with Gasteiger partial charge in [0.2, 0.25) is 0 Å². The molecule has 0 amide bonds. The average Bonchev–Trinajstić information content (AvgIpc) is 2.68. The molecule has 3 rings (SSSR count). The Kier molecular flexibility index (Phi) is 4.81. The molecule has 3 nitrogen and oxygen atoms in total. The number of aldehydes is 1. The molecule has 0 saturated carbocycles. The molecule has 0 unspecified atom stereocenters. The lowest BCUT2D eigenvalue weighted by atomic mass is 10.1. The van der Waals surface area contributed by atoms with E-state index in [1.807, 2.05) is 0 Å². The van der Waals surface area contributed by atoms with Crippen LogP contribution in [0, 0.1) is 24.0 Å². The number of fused-ring (bicyclic) bond motifs is 1. The van der Waals surface area contributed by atoms with Crippen molar-refractivity contribution in [2.24, 2.45) is 0 Å². The summed E-state index contributed by atoms with van der Waals surface area (Å²) in [5.41, 5.74) is 2.70. The summed E-state index contributed by atoms with van der Waals surface area (Å²) in [6.07, 6.45) is 0.801. The first-order chi connectivity index (χ1) is 11.9. The molecule has 0 aromatic heterocycles. The van der Waals surface area contributed by atoms with Crippen molar-refractivity contribution < 1.29 is 13.6 Å². The maximum atomic E-state index is 13.9. The maximum absolute atomic E-state index is 13.9. The van der Waals surface area contributed by atoms with Crippen LogP contribution in [0.3, 0.4) is 0 Å². The van der Waals surface area contributed by atoms with Gasteiger partial charge in [-0.05, 0) is 58.2 Å². The van der Waals surface area contributed by atoms with E-state index in [1.165, 1.54) is 18.2 Å². The average molecular weight is 405 g/mol. The lowest BCUT2D eigenvalue weighted by Gasteiger charge is -2.26. The lowest BCUT2D eigenvalue weighted by molar-refractivity contribution is -0.104. The van der Waals surface area contributed by atoms with Gasteiger partial charge in [-0.2, -0.15) is 0 Å². The summed E-state index contributed by atoms with van der Waals surface area (Å²) < 4.78 is 28.2. The molecule has 0 spiro atoms. The van der Waals surface area contributed by atoms with Crippen LogP contribution in [-0.2, 0) is 11.3 Å². The van der Waals surface area contributed by atoms with E-state index in [-0.39, 0.29) is 24.6 Å². The number of halogens is 3. The topological polar surface area (TPSA) is 44.2 Å². The van der Waals surface area contributed by atoms with Crippen molar-refractivity contribution in [2.75, 3.05) is 4.90 Å². The summed E-state index contributed by atoms with van der Waals surface area (Å²) in [4.78, 5) is 13.0. The van der Waals surface area contributed by atoms with E-state index in [0.29, 0.717) is 38.7 Å². The quantitative estimate of drug-likeness (QED) is 0.734. The highest BCUT2D eigenvalue weighted by Crippen LogP contribution is 2.38. The third kappa shape index (κ3) is 3.39. The van der Waals surface area contributed by atoms with Gasteiger partial charge in [-0.3, -0.25) is 10.2 Å². The molecule has 2 aromatic carbocycles. The molecule has 6 heteroatoms. The van der Waals surface area contributed by atoms with Gasteiger partial charge in [0.15, 0.2) is 0 Å². The summed E-state index contributed by atoms with van der Waals surface area (Å²) in [5.74, 6) is -0.628. The van der Waals surface area contributed by atoms with E-state index in [0.717, 1.165) is 0 Å². The minimum Gasteiger partial charge on any atom is -0.325 e. The van der Waals surface area contributed by atoms with Gasteiger partial charge in [-0.15, -0.1) is 0 Å². The molecular weight excluding hydrogens is 390 g/mol. The standard InChI is InChI=1S/C19H15BrF2N2O/c1-11-2-3-12(6-16(11)22)9-24-17-8-14(21)4-5-15(17)19(20)13(10-25)7-18(24)23/h2-6,8,10,23H,7,9H2,1H3. The first kappa shape index (κ1) is 17.5. The van der Waals surface area contributed by atoms with E-state index in [9.17, 15) is 13.6 Å². The molecular formula is C19H15BrF2N2O. The number of carbonyl (C=O) groups excluding carboxylic acids is 1. The molecule has 0 atom stereocenters. The van der Waals surface area contributed by atoms with Gasteiger partial charge in [0.25, 0.3) is 0 Å². The van der Waals surface area contributed by atoms with Crippen LogP contribution >= 0.6 is 15.9 Å². The van der Waals surface area contributed by atoms with Crippen LogP contribution in [0.4, 0.5) is 14.5 Å². The van der Waals surface area contributed by atoms with Crippen molar-refractivity contribution in [3.05, 3.63) is 70.3 Å². The number of carbonyl (C=O) groups is 1. The number of amidine groups is 1. The van der Waals surface area contributed by atoms with Crippen LogP contribution in [-0.4, -0.2) is 12.1 Å². The normalized spacial score (nSPS) is 14.4. The van der Waals surface area contributed by atoms with Crippen LogP contribution in [0.1, 0.15) is 23.1 Å². The van der Waals surface area contributed by atoms with Crippen LogP contribution in [0.15, 0.2) is 42.0 Å². The summed E-state index contributed by atoms with van der Waals surface area (Å²) >= 11 is 3.39. The van der Waals surface area contributed by atoms with Gasteiger partial charge in [0, 0.05) is 28.6 Å². The van der Waals surface area contributed by atoms with Gasteiger partial charge in [0.05, 0.1) is 5.69 Å². The monoisotopic (exact) mass is 404 g/mol. The third-order valence-electron chi connectivity index (χ3n) is 4.17. The number of hydrogen-bond donors (Lipinski definition) is 1. The smallest absolute Gasteiger partial charge is 0.147 e. The Labute approximate surface area is 152 Å². The zero-order chi connectivity index (χ0) is 18.1. The van der Waals surface area contributed by atoms with Gasteiger partial charge < -0.3 is 4.90 Å². The molecule has 1 aliphatic rings. The Hall–Kier alpha value is -2.34. The van der Waals surface area contributed by atoms with Crippen LogP contribution in [0.2, 0.25) is 0 Å². The highest BCUT2D eigenvalue weighted by molar-refractivity contribution is 9.15. The highest BCUT2D eigenvalue weighted by atomic mass is 79.9. The number of anilines is 1. The second-order valence-corrected chi connectivity index (χ2v) is 6.70. The first-order valence-corrected chi connectivity index (χ1v) is 8.43. The summed E-state index contributed by atoms with van der Waals surface area (Å²) in [5, 5.41) is 8.35.